The average molecular weight is 540 g/mol. The molecule has 3 N–H and O–H groups in total. The predicted molar refractivity (Wildman–Crippen MR) is 146 cm³/mol. The van der Waals surface area contributed by atoms with Gasteiger partial charge in [-0.1, -0.05) is 72.2 Å². The number of hydrogen-bond donors (Lipinski definition) is 3. The molecule has 0 aliphatic heterocycles. The molecule has 7 nitrogen and oxygen atoms in total. The first-order valence-corrected chi connectivity index (χ1v) is 12.2. The molecule has 0 bridgehead atoms. The van der Waals surface area contributed by atoms with Crippen LogP contribution in [-0.2, 0) is 22.4 Å². The summed E-state index contributed by atoms with van der Waals surface area (Å²) in [5, 5.41) is 16.2. The van der Waals surface area contributed by atoms with Crippen molar-refractivity contribution in [3.05, 3.63) is 112 Å². The van der Waals surface area contributed by atoms with Crippen molar-refractivity contribution in [2.24, 2.45) is 0 Å². The number of carbonyl (C=O) groups excluding carboxylic acids is 3. The van der Waals surface area contributed by atoms with Crippen LogP contribution in [0.4, 0.5) is 5.69 Å². The van der Waals surface area contributed by atoms with Crippen molar-refractivity contribution < 1.29 is 19.5 Å². The maximum absolute atomic E-state index is 13.2. The van der Waals surface area contributed by atoms with Crippen LogP contribution in [0.5, 0.6) is 0 Å². The lowest BCUT2D eigenvalue weighted by atomic mass is 10.0. The SMILES string of the molecule is C=CC(=O)N(C)c1cccc(C[C@H](NC(=O)c2cc(Cl)ccc2Cl)C(=O)NC(O)Cc2ccccc2)c1. The second-order valence-corrected chi connectivity index (χ2v) is 9.18. The summed E-state index contributed by atoms with van der Waals surface area (Å²) in [5.74, 6) is -1.48. The van der Waals surface area contributed by atoms with Gasteiger partial charge in [0, 0.05) is 30.6 Å². The van der Waals surface area contributed by atoms with Gasteiger partial charge >= 0.3 is 0 Å². The molecule has 2 atom stereocenters. The number of aliphatic hydroxyl groups is 1. The molecule has 0 aromatic heterocycles. The smallest absolute Gasteiger partial charge is 0.253 e. The Labute approximate surface area is 225 Å². The lowest BCUT2D eigenvalue weighted by molar-refractivity contribution is -0.126. The van der Waals surface area contributed by atoms with Crippen molar-refractivity contribution >= 4 is 46.6 Å². The largest absolute Gasteiger partial charge is 0.373 e. The van der Waals surface area contributed by atoms with Crippen molar-refractivity contribution in [3.8, 4) is 0 Å². The Morgan fingerprint density at radius 2 is 1.65 bits per heavy atom. The minimum Gasteiger partial charge on any atom is -0.373 e. The normalized spacial score (nSPS) is 12.2. The summed E-state index contributed by atoms with van der Waals surface area (Å²) in [6.07, 6.45) is 0.299. The summed E-state index contributed by atoms with van der Waals surface area (Å²) < 4.78 is 0. The Hall–Kier alpha value is -3.65. The van der Waals surface area contributed by atoms with Gasteiger partial charge in [-0.15, -0.1) is 0 Å². The van der Waals surface area contributed by atoms with Gasteiger partial charge in [-0.3, -0.25) is 14.4 Å². The highest BCUT2D eigenvalue weighted by atomic mass is 35.5. The highest BCUT2D eigenvalue weighted by Crippen LogP contribution is 2.21. The molecule has 1 unspecified atom stereocenters. The van der Waals surface area contributed by atoms with Crippen molar-refractivity contribution in [1.29, 1.82) is 0 Å². The number of rotatable bonds is 10. The number of aliphatic hydroxyl groups excluding tert-OH is 1. The van der Waals surface area contributed by atoms with E-state index in [1.165, 1.54) is 23.1 Å². The van der Waals surface area contributed by atoms with Gasteiger partial charge in [0.15, 0.2) is 0 Å². The standard InChI is InChI=1S/C28H27Cl2N3O4/c1-3-26(35)33(2)21-11-7-10-19(14-21)15-24(31-27(36)22-17-20(29)12-13-23(22)30)28(37)32-25(34)16-18-8-5-4-6-9-18/h3-14,17,24-25,34H,1,15-16H2,2H3,(H,31,36)(H,32,37)/t24-,25?/m0/s1. The molecule has 0 saturated heterocycles. The zero-order chi connectivity index (χ0) is 26.9. The number of nitrogens with zero attached hydrogens (tertiary/aromatic N) is 1. The van der Waals surface area contributed by atoms with E-state index in [1.807, 2.05) is 30.3 Å². The molecule has 9 heteroatoms. The number of nitrogens with one attached hydrogen (secondary N) is 2. The van der Waals surface area contributed by atoms with Crippen LogP contribution in [0.2, 0.25) is 10.0 Å². The minimum atomic E-state index is -1.17. The summed E-state index contributed by atoms with van der Waals surface area (Å²) >= 11 is 12.2. The van der Waals surface area contributed by atoms with Crippen LogP contribution in [0.15, 0.2) is 85.5 Å². The molecule has 0 fully saturated rings. The van der Waals surface area contributed by atoms with E-state index in [0.29, 0.717) is 16.3 Å². The second-order valence-electron chi connectivity index (χ2n) is 8.34. The predicted octanol–water partition coefficient (Wildman–Crippen LogP) is 4.16. The van der Waals surface area contributed by atoms with Gasteiger partial charge < -0.3 is 20.6 Å². The molecule has 3 aromatic carbocycles. The van der Waals surface area contributed by atoms with E-state index in [4.69, 9.17) is 23.2 Å². The Morgan fingerprint density at radius 3 is 2.35 bits per heavy atom. The summed E-state index contributed by atoms with van der Waals surface area (Å²) in [6.45, 7) is 3.50. The summed E-state index contributed by atoms with van der Waals surface area (Å²) in [5.41, 5.74) is 2.22. The van der Waals surface area contributed by atoms with E-state index >= 15 is 0 Å². The minimum absolute atomic E-state index is 0.0811. The molecule has 192 valence electrons. The van der Waals surface area contributed by atoms with Crippen LogP contribution in [0, 0.1) is 0 Å². The van der Waals surface area contributed by atoms with Crippen LogP contribution in [0.1, 0.15) is 21.5 Å². The summed E-state index contributed by atoms with van der Waals surface area (Å²) in [4.78, 5) is 39.7. The fraction of sp³-hybridized carbons (Fsp3) is 0.179. The van der Waals surface area contributed by atoms with Gasteiger partial charge in [-0.05, 0) is 47.5 Å². The van der Waals surface area contributed by atoms with Gasteiger partial charge in [-0.25, -0.2) is 0 Å². The zero-order valence-electron chi connectivity index (χ0n) is 20.2. The molecule has 3 amide bonds. The third-order valence-electron chi connectivity index (χ3n) is 5.62. The van der Waals surface area contributed by atoms with E-state index in [1.54, 1.807) is 37.4 Å². The fourth-order valence-electron chi connectivity index (χ4n) is 3.66. The van der Waals surface area contributed by atoms with Gasteiger partial charge in [0.05, 0.1) is 10.6 Å². The lowest BCUT2D eigenvalue weighted by Crippen LogP contribution is -2.51. The first-order chi connectivity index (χ1) is 17.7. The van der Waals surface area contributed by atoms with Gasteiger partial charge in [0.25, 0.3) is 5.91 Å². The van der Waals surface area contributed by atoms with Crippen LogP contribution >= 0.6 is 23.2 Å². The van der Waals surface area contributed by atoms with Gasteiger partial charge in [-0.2, -0.15) is 0 Å². The van der Waals surface area contributed by atoms with Gasteiger partial charge in [0.1, 0.15) is 12.3 Å². The number of benzene rings is 3. The second kappa shape index (κ2) is 13.1. The molecular weight excluding hydrogens is 513 g/mol. The number of likely N-dealkylation sites (N-methyl/N-ethyl adjacent to an activating group) is 1. The summed E-state index contributed by atoms with van der Waals surface area (Å²) in [7, 11) is 1.61. The van der Waals surface area contributed by atoms with E-state index in [9.17, 15) is 19.5 Å². The molecule has 3 rings (SSSR count). The van der Waals surface area contributed by atoms with Crippen LogP contribution < -0.4 is 15.5 Å². The van der Waals surface area contributed by atoms with Gasteiger partial charge in [0.2, 0.25) is 11.8 Å². The number of halogens is 2. The molecule has 37 heavy (non-hydrogen) atoms. The molecule has 0 aliphatic carbocycles. The summed E-state index contributed by atoms with van der Waals surface area (Å²) in [6, 6.07) is 19.6. The first kappa shape index (κ1) is 27.9. The molecule has 3 aromatic rings. The van der Waals surface area contributed by atoms with Crippen LogP contribution in [0.25, 0.3) is 0 Å². The molecule has 0 heterocycles. The zero-order valence-corrected chi connectivity index (χ0v) is 21.7. The fourth-order valence-corrected chi connectivity index (χ4v) is 4.04. The molecule has 0 spiro atoms. The Balaban J connectivity index is 1.83. The van der Waals surface area contributed by atoms with Crippen LogP contribution in [0.3, 0.4) is 0 Å². The number of amides is 3. The molecular formula is C28H27Cl2N3O4. The van der Waals surface area contributed by atoms with E-state index in [0.717, 1.165) is 5.56 Å². The van der Waals surface area contributed by atoms with Crippen LogP contribution in [-0.4, -0.2) is 42.1 Å². The third kappa shape index (κ3) is 7.92. The van der Waals surface area contributed by atoms with E-state index in [2.05, 4.69) is 17.2 Å². The van der Waals surface area contributed by atoms with Crippen molar-refractivity contribution in [3.63, 3.8) is 0 Å². The number of carbonyl (C=O) groups is 3. The molecule has 0 aliphatic rings. The van der Waals surface area contributed by atoms with E-state index in [-0.39, 0.29) is 29.3 Å². The number of hydrogen-bond acceptors (Lipinski definition) is 4. The van der Waals surface area contributed by atoms with Crippen molar-refractivity contribution in [2.45, 2.75) is 25.1 Å². The maximum atomic E-state index is 13.2. The van der Waals surface area contributed by atoms with E-state index < -0.39 is 24.1 Å². The molecule has 0 saturated carbocycles. The Morgan fingerprint density at radius 1 is 0.946 bits per heavy atom. The molecule has 0 radical (unpaired) electrons. The van der Waals surface area contributed by atoms with Crippen molar-refractivity contribution in [2.75, 3.05) is 11.9 Å². The highest BCUT2D eigenvalue weighted by molar-refractivity contribution is 6.35. The quantitative estimate of drug-likeness (QED) is 0.266. The first-order valence-electron chi connectivity index (χ1n) is 11.4. The Kier molecular flexibility index (Phi) is 9.85. The topological polar surface area (TPSA) is 98.7 Å². The number of anilines is 1. The van der Waals surface area contributed by atoms with Crippen molar-refractivity contribution in [1.82, 2.24) is 10.6 Å². The maximum Gasteiger partial charge on any atom is 0.253 e. The monoisotopic (exact) mass is 539 g/mol. The lowest BCUT2D eigenvalue weighted by Gasteiger charge is -2.22. The highest BCUT2D eigenvalue weighted by Gasteiger charge is 2.25. The Bertz CT molecular complexity index is 1280. The average Bonchev–Trinajstić information content (AvgIpc) is 2.89. The third-order valence-corrected chi connectivity index (χ3v) is 6.18.